The Morgan fingerprint density at radius 1 is 0.844 bits per heavy atom. The van der Waals surface area contributed by atoms with Crippen molar-refractivity contribution in [3.8, 4) is 21.7 Å². The highest BCUT2D eigenvalue weighted by atomic mass is 32.1. The number of fused-ring (bicyclic) bond motifs is 3. The Morgan fingerprint density at radius 2 is 1.69 bits per heavy atom. The molecule has 3 heterocycles. The average molecular weight is 435 g/mol. The maximum atomic E-state index is 5.79. The van der Waals surface area contributed by atoms with Crippen molar-refractivity contribution in [1.82, 2.24) is 9.97 Å². The van der Waals surface area contributed by atoms with Crippen LogP contribution in [0.25, 0.3) is 53.7 Å². The van der Waals surface area contributed by atoms with Crippen molar-refractivity contribution in [2.75, 3.05) is 0 Å². The van der Waals surface area contributed by atoms with Crippen molar-refractivity contribution in [2.24, 2.45) is 0 Å². The van der Waals surface area contributed by atoms with Gasteiger partial charge in [0.2, 0.25) is 0 Å². The normalized spacial score (nSPS) is 12.2. The summed E-state index contributed by atoms with van der Waals surface area (Å²) in [5.74, 6) is 0. The Kier molecular flexibility index (Phi) is 4.21. The molecule has 0 bridgehead atoms. The Morgan fingerprint density at radius 3 is 2.56 bits per heavy atom. The lowest BCUT2D eigenvalue weighted by atomic mass is 9.82. The second-order valence-corrected chi connectivity index (χ2v) is 10.2. The van der Waals surface area contributed by atoms with E-state index in [0.29, 0.717) is 0 Å². The van der Waals surface area contributed by atoms with Gasteiger partial charge in [-0.25, -0.2) is 9.97 Å². The predicted molar refractivity (Wildman–Crippen MR) is 134 cm³/mol. The second kappa shape index (κ2) is 7.01. The van der Waals surface area contributed by atoms with Gasteiger partial charge in [-0.05, 0) is 52.1 Å². The summed E-state index contributed by atoms with van der Waals surface area (Å²) in [5.41, 5.74) is 6.43. The molecule has 0 aliphatic rings. The Labute approximate surface area is 190 Å². The third kappa shape index (κ3) is 3.02. The van der Waals surface area contributed by atoms with Gasteiger partial charge in [0, 0.05) is 21.4 Å². The third-order valence-corrected chi connectivity index (χ3v) is 7.16. The molecule has 6 rings (SSSR count). The maximum Gasteiger partial charge on any atom is 0.142 e. The number of nitrogens with zero attached hydrogens (tertiary/aromatic N) is 2. The molecule has 3 nitrogen and oxygen atoms in total. The van der Waals surface area contributed by atoms with E-state index < -0.39 is 0 Å². The standard InChI is InChI=1S/C28H22N2OS/c1-28(2,3)22-14-19(13-18-7-4-5-9-20(18)22)25-27-23(29-16-30-25)15-24(32-27)21-10-6-8-17-11-12-31-26(17)21/h4-16H,1-3H3. The van der Waals surface area contributed by atoms with Crippen LogP contribution in [-0.2, 0) is 5.41 Å². The number of furan rings is 1. The summed E-state index contributed by atoms with van der Waals surface area (Å²) in [6.07, 6.45) is 3.42. The number of benzene rings is 3. The quantitative estimate of drug-likeness (QED) is 0.275. The van der Waals surface area contributed by atoms with Crippen molar-refractivity contribution in [2.45, 2.75) is 26.2 Å². The average Bonchev–Trinajstić information content (AvgIpc) is 3.44. The highest BCUT2D eigenvalue weighted by molar-refractivity contribution is 7.22. The smallest absolute Gasteiger partial charge is 0.142 e. The number of thiophene rings is 1. The summed E-state index contributed by atoms with van der Waals surface area (Å²) >= 11 is 1.72. The first-order valence-corrected chi connectivity index (χ1v) is 11.6. The van der Waals surface area contributed by atoms with Gasteiger partial charge < -0.3 is 4.42 Å². The summed E-state index contributed by atoms with van der Waals surface area (Å²) in [7, 11) is 0. The van der Waals surface area contributed by atoms with Crippen LogP contribution in [0.15, 0.2) is 83.7 Å². The van der Waals surface area contributed by atoms with E-state index >= 15 is 0 Å². The van der Waals surface area contributed by atoms with E-state index in [4.69, 9.17) is 9.40 Å². The number of aromatic nitrogens is 2. The summed E-state index contributed by atoms with van der Waals surface area (Å²) in [6, 6.07) is 23.6. The summed E-state index contributed by atoms with van der Waals surface area (Å²) in [5, 5.41) is 3.64. The Hall–Kier alpha value is -3.50. The molecule has 0 fully saturated rings. The van der Waals surface area contributed by atoms with Crippen LogP contribution in [0.1, 0.15) is 26.3 Å². The summed E-state index contributed by atoms with van der Waals surface area (Å²) in [4.78, 5) is 10.5. The molecule has 0 saturated carbocycles. The second-order valence-electron chi connectivity index (χ2n) is 9.19. The largest absolute Gasteiger partial charge is 0.464 e. The number of hydrogen-bond acceptors (Lipinski definition) is 4. The van der Waals surface area contributed by atoms with Crippen molar-refractivity contribution < 1.29 is 4.42 Å². The molecule has 4 heteroatoms. The van der Waals surface area contributed by atoms with E-state index in [0.717, 1.165) is 42.9 Å². The van der Waals surface area contributed by atoms with Gasteiger partial charge in [-0.3, -0.25) is 0 Å². The fourth-order valence-corrected chi connectivity index (χ4v) is 5.59. The van der Waals surface area contributed by atoms with Crippen LogP contribution in [0.5, 0.6) is 0 Å². The van der Waals surface area contributed by atoms with Crippen molar-refractivity contribution in [3.63, 3.8) is 0 Å². The third-order valence-electron chi connectivity index (χ3n) is 6.00. The molecule has 0 unspecified atom stereocenters. The zero-order valence-electron chi connectivity index (χ0n) is 18.2. The fraction of sp³-hybridized carbons (Fsp3) is 0.143. The molecule has 0 N–H and O–H groups in total. The monoisotopic (exact) mass is 434 g/mol. The van der Waals surface area contributed by atoms with Crippen molar-refractivity contribution in [1.29, 1.82) is 0 Å². The molecule has 0 saturated heterocycles. The molecule has 0 amide bonds. The van der Waals surface area contributed by atoms with Gasteiger partial charge in [0.05, 0.1) is 22.2 Å². The Balaban J connectivity index is 1.60. The lowest BCUT2D eigenvalue weighted by molar-refractivity contribution is 0.596. The lowest BCUT2D eigenvalue weighted by Crippen LogP contribution is -2.12. The number of rotatable bonds is 2. The van der Waals surface area contributed by atoms with Crippen LogP contribution in [0.4, 0.5) is 0 Å². The van der Waals surface area contributed by atoms with Gasteiger partial charge in [-0.2, -0.15) is 0 Å². The van der Waals surface area contributed by atoms with Gasteiger partial charge in [0.15, 0.2) is 0 Å². The first-order chi connectivity index (χ1) is 15.5. The molecular formula is C28H22N2OS. The van der Waals surface area contributed by atoms with Crippen LogP contribution in [0.2, 0.25) is 0 Å². The van der Waals surface area contributed by atoms with Gasteiger partial charge in [-0.15, -0.1) is 11.3 Å². The van der Waals surface area contributed by atoms with E-state index in [1.807, 2.05) is 6.07 Å². The van der Waals surface area contributed by atoms with Crippen molar-refractivity contribution >= 4 is 43.3 Å². The van der Waals surface area contributed by atoms with E-state index in [1.54, 1.807) is 23.9 Å². The van der Waals surface area contributed by atoms with Crippen LogP contribution in [0.3, 0.4) is 0 Å². The highest BCUT2D eigenvalue weighted by Gasteiger charge is 2.20. The topological polar surface area (TPSA) is 38.9 Å². The first-order valence-electron chi connectivity index (χ1n) is 10.7. The van der Waals surface area contributed by atoms with Crippen molar-refractivity contribution in [3.05, 3.63) is 84.9 Å². The zero-order valence-corrected chi connectivity index (χ0v) is 19.0. The van der Waals surface area contributed by atoms with Gasteiger partial charge in [0.25, 0.3) is 0 Å². The Bertz CT molecular complexity index is 1620. The minimum absolute atomic E-state index is 0.0251. The molecule has 3 aromatic carbocycles. The van der Waals surface area contributed by atoms with Gasteiger partial charge in [-0.1, -0.05) is 57.2 Å². The molecule has 0 aliphatic carbocycles. The molecular weight excluding hydrogens is 412 g/mol. The van der Waals surface area contributed by atoms with E-state index in [1.165, 1.54) is 16.3 Å². The van der Waals surface area contributed by atoms with Crippen LogP contribution >= 0.6 is 11.3 Å². The molecule has 3 aromatic heterocycles. The maximum absolute atomic E-state index is 5.79. The van der Waals surface area contributed by atoms with Gasteiger partial charge >= 0.3 is 0 Å². The number of hydrogen-bond donors (Lipinski definition) is 0. The summed E-state index contributed by atoms with van der Waals surface area (Å²) in [6.45, 7) is 6.80. The molecule has 156 valence electrons. The molecule has 0 spiro atoms. The van der Waals surface area contributed by atoms with E-state index in [2.05, 4.69) is 86.4 Å². The summed E-state index contributed by atoms with van der Waals surface area (Å²) < 4.78 is 6.88. The van der Waals surface area contributed by atoms with Crippen LogP contribution in [0, 0.1) is 0 Å². The van der Waals surface area contributed by atoms with Crippen LogP contribution in [-0.4, -0.2) is 9.97 Å². The molecule has 0 aliphatic heterocycles. The predicted octanol–water partition coefficient (Wildman–Crippen LogP) is 8.22. The minimum atomic E-state index is 0.0251. The molecule has 0 atom stereocenters. The van der Waals surface area contributed by atoms with Gasteiger partial charge in [0.1, 0.15) is 11.9 Å². The van der Waals surface area contributed by atoms with E-state index in [-0.39, 0.29) is 5.41 Å². The number of para-hydroxylation sites is 1. The van der Waals surface area contributed by atoms with E-state index in [9.17, 15) is 0 Å². The highest BCUT2D eigenvalue weighted by Crippen LogP contribution is 2.41. The first kappa shape index (κ1) is 19.2. The lowest BCUT2D eigenvalue weighted by Gasteiger charge is -2.22. The molecule has 32 heavy (non-hydrogen) atoms. The SMILES string of the molecule is CC(C)(C)c1cc(-c2ncnc3cc(-c4cccc5ccoc45)sc23)cc2ccccc12. The molecule has 6 aromatic rings. The molecule has 0 radical (unpaired) electrons. The fourth-order valence-electron chi connectivity index (χ4n) is 4.45. The van der Waals surface area contributed by atoms with Crippen LogP contribution < -0.4 is 0 Å². The minimum Gasteiger partial charge on any atom is -0.464 e. The zero-order chi connectivity index (χ0) is 21.9.